The highest BCUT2D eigenvalue weighted by Gasteiger charge is 2.49. The molecule has 104 valence electrons. The minimum Gasteiger partial charge on any atom is -0.462 e. The molecule has 0 spiro atoms. The van der Waals surface area contributed by atoms with Crippen molar-refractivity contribution in [3.8, 4) is 0 Å². The van der Waals surface area contributed by atoms with Gasteiger partial charge in [-0.05, 0) is 32.5 Å². The molecule has 0 aromatic heterocycles. The summed E-state index contributed by atoms with van der Waals surface area (Å²) in [6.07, 6.45) is 3.72. The second-order valence-corrected chi connectivity index (χ2v) is 10.6. The third-order valence-corrected chi connectivity index (χ3v) is 4.53. The summed E-state index contributed by atoms with van der Waals surface area (Å²) < 4.78 is 11.8. The molecule has 0 unspecified atom stereocenters. The Bertz CT molecular complexity index is 321. The first kappa shape index (κ1) is 15.4. The van der Waals surface area contributed by atoms with Crippen LogP contribution in [0.4, 0.5) is 0 Å². The number of esters is 1. The molecule has 0 aromatic rings. The van der Waals surface area contributed by atoms with E-state index in [0.717, 1.165) is 6.42 Å². The SMILES string of the molecule is C=CC[C@]1(O[Si](C)(C)C)CC(=O)O[C@@H](CC)[C@@H]1C. The Hall–Kier alpha value is -0.613. The van der Waals surface area contributed by atoms with Crippen molar-refractivity contribution in [1.29, 1.82) is 0 Å². The molecule has 0 radical (unpaired) electrons. The van der Waals surface area contributed by atoms with E-state index in [9.17, 15) is 4.79 Å². The van der Waals surface area contributed by atoms with E-state index in [1.807, 2.05) is 13.0 Å². The van der Waals surface area contributed by atoms with Crippen LogP contribution in [0.1, 0.15) is 33.1 Å². The Morgan fingerprint density at radius 2 is 2.17 bits per heavy atom. The van der Waals surface area contributed by atoms with Crippen LogP contribution in [-0.4, -0.2) is 26.0 Å². The second-order valence-electron chi connectivity index (χ2n) is 6.17. The van der Waals surface area contributed by atoms with E-state index in [1.165, 1.54) is 0 Å². The van der Waals surface area contributed by atoms with E-state index in [0.29, 0.717) is 12.8 Å². The lowest BCUT2D eigenvalue weighted by Crippen LogP contribution is -2.55. The first-order valence-electron chi connectivity index (χ1n) is 6.74. The van der Waals surface area contributed by atoms with Crippen LogP contribution < -0.4 is 0 Å². The van der Waals surface area contributed by atoms with Crippen molar-refractivity contribution < 1.29 is 14.0 Å². The molecule has 1 fully saturated rings. The van der Waals surface area contributed by atoms with E-state index in [4.69, 9.17) is 9.16 Å². The van der Waals surface area contributed by atoms with Crippen molar-refractivity contribution in [3.05, 3.63) is 12.7 Å². The summed E-state index contributed by atoms with van der Waals surface area (Å²) in [6, 6.07) is 0. The largest absolute Gasteiger partial charge is 0.462 e. The van der Waals surface area contributed by atoms with Gasteiger partial charge in [0.15, 0.2) is 8.32 Å². The molecule has 0 N–H and O–H groups in total. The zero-order valence-corrected chi connectivity index (χ0v) is 13.3. The van der Waals surface area contributed by atoms with E-state index in [-0.39, 0.29) is 18.0 Å². The number of carbonyl (C=O) groups excluding carboxylic acids is 1. The Kier molecular flexibility index (Phi) is 4.78. The van der Waals surface area contributed by atoms with Crippen LogP contribution >= 0.6 is 0 Å². The minimum atomic E-state index is -1.72. The highest BCUT2D eigenvalue weighted by Crippen LogP contribution is 2.40. The Balaban J connectivity index is 3.05. The van der Waals surface area contributed by atoms with Crippen molar-refractivity contribution in [1.82, 2.24) is 0 Å². The third kappa shape index (κ3) is 3.45. The lowest BCUT2D eigenvalue weighted by atomic mass is 9.77. The normalized spacial score (nSPS) is 33.1. The van der Waals surface area contributed by atoms with Crippen LogP contribution in [0.15, 0.2) is 12.7 Å². The summed E-state index contributed by atoms with van der Waals surface area (Å²) in [5.74, 6) is 0.0741. The highest BCUT2D eigenvalue weighted by molar-refractivity contribution is 6.69. The van der Waals surface area contributed by atoms with Gasteiger partial charge < -0.3 is 9.16 Å². The van der Waals surface area contributed by atoms with Crippen molar-refractivity contribution >= 4 is 14.3 Å². The number of rotatable bonds is 5. The average Bonchev–Trinajstić information content (AvgIpc) is 2.21. The van der Waals surface area contributed by atoms with Crippen molar-refractivity contribution in [3.63, 3.8) is 0 Å². The molecule has 1 rings (SSSR count). The van der Waals surface area contributed by atoms with Gasteiger partial charge in [0.05, 0.1) is 12.0 Å². The fraction of sp³-hybridized carbons (Fsp3) is 0.786. The summed E-state index contributed by atoms with van der Waals surface area (Å²) in [7, 11) is -1.72. The second kappa shape index (κ2) is 5.57. The van der Waals surface area contributed by atoms with Crippen LogP contribution in [0.5, 0.6) is 0 Å². The van der Waals surface area contributed by atoms with Gasteiger partial charge in [-0.3, -0.25) is 4.79 Å². The first-order chi connectivity index (χ1) is 8.24. The average molecular weight is 270 g/mol. The summed E-state index contributed by atoms with van der Waals surface area (Å²) in [6.45, 7) is 14.5. The van der Waals surface area contributed by atoms with Crippen molar-refractivity contribution in [2.75, 3.05) is 0 Å². The van der Waals surface area contributed by atoms with Gasteiger partial charge in [0.2, 0.25) is 0 Å². The summed E-state index contributed by atoms with van der Waals surface area (Å²) >= 11 is 0. The zero-order valence-electron chi connectivity index (χ0n) is 12.3. The van der Waals surface area contributed by atoms with E-state index in [2.05, 4.69) is 33.1 Å². The smallest absolute Gasteiger partial charge is 0.308 e. The van der Waals surface area contributed by atoms with Gasteiger partial charge in [-0.15, -0.1) is 6.58 Å². The van der Waals surface area contributed by atoms with E-state index in [1.54, 1.807) is 0 Å². The van der Waals surface area contributed by atoms with Gasteiger partial charge in [0.25, 0.3) is 0 Å². The molecule has 1 aliphatic rings. The summed E-state index contributed by atoms with van der Waals surface area (Å²) in [5, 5.41) is 0. The Labute approximate surface area is 112 Å². The predicted octanol–water partition coefficient (Wildman–Crippen LogP) is 3.51. The Morgan fingerprint density at radius 3 is 2.61 bits per heavy atom. The molecule has 0 bridgehead atoms. The Morgan fingerprint density at radius 1 is 1.56 bits per heavy atom. The van der Waals surface area contributed by atoms with Gasteiger partial charge >= 0.3 is 5.97 Å². The third-order valence-electron chi connectivity index (χ3n) is 3.52. The van der Waals surface area contributed by atoms with Gasteiger partial charge in [-0.1, -0.05) is 19.9 Å². The molecule has 0 amide bonds. The van der Waals surface area contributed by atoms with Gasteiger partial charge in [-0.25, -0.2) is 0 Å². The van der Waals surface area contributed by atoms with E-state index < -0.39 is 13.9 Å². The van der Waals surface area contributed by atoms with Crippen LogP contribution in [0.3, 0.4) is 0 Å². The molecule has 3 nitrogen and oxygen atoms in total. The molecule has 0 aliphatic carbocycles. The fourth-order valence-electron chi connectivity index (χ4n) is 2.78. The molecule has 0 aromatic carbocycles. The molecular weight excluding hydrogens is 244 g/mol. The van der Waals surface area contributed by atoms with E-state index >= 15 is 0 Å². The fourth-order valence-corrected chi connectivity index (χ4v) is 4.34. The van der Waals surface area contributed by atoms with Gasteiger partial charge in [0.1, 0.15) is 6.10 Å². The predicted molar refractivity (Wildman–Crippen MR) is 75.9 cm³/mol. The first-order valence-corrected chi connectivity index (χ1v) is 10.2. The number of cyclic esters (lactones) is 1. The number of hydrogen-bond donors (Lipinski definition) is 0. The lowest BCUT2D eigenvalue weighted by molar-refractivity contribution is -0.179. The summed E-state index contributed by atoms with van der Waals surface area (Å²) in [4.78, 5) is 11.8. The maximum absolute atomic E-state index is 11.8. The molecule has 3 atom stereocenters. The molecular formula is C14H26O3Si. The molecule has 18 heavy (non-hydrogen) atoms. The van der Waals surface area contributed by atoms with Crippen LogP contribution in [0, 0.1) is 5.92 Å². The molecule has 1 saturated heterocycles. The molecule has 1 aliphatic heterocycles. The maximum Gasteiger partial charge on any atom is 0.308 e. The summed E-state index contributed by atoms with van der Waals surface area (Å²) in [5.41, 5.74) is -0.414. The van der Waals surface area contributed by atoms with Crippen molar-refractivity contribution in [2.24, 2.45) is 5.92 Å². The van der Waals surface area contributed by atoms with Crippen LogP contribution in [0.2, 0.25) is 19.6 Å². The number of carbonyl (C=O) groups is 1. The van der Waals surface area contributed by atoms with Gasteiger partial charge in [0, 0.05) is 5.92 Å². The standard InChI is InChI=1S/C14H26O3Si/c1-7-9-14(17-18(4,5)6)10-13(15)16-12(8-2)11(14)3/h7,11-12H,1,8-10H2,2-6H3/t11-,12-,14-/m0/s1. The minimum absolute atomic E-state index is 0.0393. The number of hydrogen-bond acceptors (Lipinski definition) is 3. The topological polar surface area (TPSA) is 35.5 Å². The van der Waals surface area contributed by atoms with Crippen LogP contribution in [0.25, 0.3) is 0 Å². The number of ether oxygens (including phenoxy) is 1. The highest BCUT2D eigenvalue weighted by atomic mass is 28.4. The van der Waals surface area contributed by atoms with Crippen LogP contribution in [-0.2, 0) is 14.0 Å². The maximum atomic E-state index is 11.8. The quantitative estimate of drug-likeness (QED) is 0.435. The molecule has 1 heterocycles. The zero-order chi connectivity index (χ0) is 14.0. The lowest BCUT2D eigenvalue weighted by Gasteiger charge is -2.48. The molecule has 0 saturated carbocycles. The molecule has 4 heteroatoms. The monoisotopic (exact) mass is 270 g/mol. The van der Waals surface area contributed by atoms with Crippen molar-refractivity contribution in [2.45, 2.75) is 64.5 Å². The van der Waals surface area contributed by atoms with Gasteiger partial charge in [-0.2, -0.15) is 0 Å².